The molecule has 1 atom stereocenters. The second-order valence-corrected chi connectivity index (χ2v) is 4.66. The lowest BCUT2D eigenvalue weighted by Crippen LogP contribution is -2.32. The summed E-state index contributed by atoms with van der Waals surface area (Å²) in [6.07, 6.45) is 3.55. The zero-order valence-corrected chi connectivity index (χ0v) is 9.84. The van der Waals surface area contributed by atoms with Gasteiger partial charge in [-0.3, -0.25) is 9.59 Å². The summed E-state index contributed by atoms with van der Waals surface area (Å²) < 4.78 is 5.32. The fourth-order valence-corrected chi connectivity index (χ4v) is 1.82. The van der Waals surface area contributed by atoms with Gasteiger partial charge >= 0.3 is 0 Å². The number of Topliss-reactive ketones (excluding diaryl/α,β-unsaturated/α-hetero) is 2. The second-order valence-electron chi connectivity index (χ2n) is 4.66. The van der Waals surface area contributed by atoms with Gasteiger partial charge in [-0.2, -0.15) is 0 Å². The largest absolute Gasteiger partial charge is 0.367 e. The minimum absolute atomic E-state index is 0.0519. The fraction of sp³-hybridized carbons (Fsp3) is 0.833. The van der Waals surface area contributed by atoms with Gasteiger partial charge in [-0.15, -0.1) is 0 Å². The van der Waals surface area contributed by atoms with Gasteiger partial charge in [-0.25, -0.2) is 0 Å². The normalized spacial score (nSPS) is 24.5. The molecular weight excluding hydrogens is 192 g/mol. The molecule has 3 heteroatoms. The van der Waals surface area contributed by atoms with E-state index in [1.165, 1.54) is 0 Å². The predicted molar refractivity (Wildman–Crippen MR) is 57.7 cm³/mol. The summed E-state index contributed by atoms with van der Waals surface area (Å²) in [6, 6.07) is 0. The lowest BCUT2D eigenvalue weighted by Gasteiger charge is -2.13. The maximum absolute atomic E-state index is 11.8. The summed E-state index contributed by atoms with van der Waals surface area (Å²) in [5, 5.41) is 0. The summed E-state index contributed by atoms with van der Waals surface area (Å²) in [6.45, 7) is 5.83. The third kappa shape index (κ3) is 2.88. The highest BCUT2D eigenvalue weighted by Crippen LogP contribution is 2.27. The van der Waals surface area contributed by atoms with E-state index in [4.69, 9.17) is 4.74 Å². The van der Waals surface area contributed by atoms with Crippen LogP contribution < -0.4 is 0 Å². The standard InChI is InChI=1S/C12H20O3/c1-4-5-6-7-10(13)9-8-15-12(2,3)11(9)14/h9H,4-8H2,1-3H3. The zero-order chi connectivity index (χ0) is 11.5. The van der Waals surface area contributed by atoms with Crippen molar-refractivity contribution in [2.45, 2.75) is 52.1 Å². The van der Waals surface area contributed by atoms with E-state index in [0.29, 0.717) is 6.42 Å². The maximum atomic E-state index is 11.8. The predicted octanol–water partition coefficient (Wildman–Crippen LogP) is 2.13. The van der Waals surface area contributed by atoms with Gasteiger partial charge in [0.1, 0.15) is 17.3 Å². The van der Waals surface area contributed by atoms with Gasteiger partial charge in [0, 0.05) is 6.42 Å². The Kier molecular flexibility index (Phi) is 4.03. The van der Waals surface area contributed by atoms with Crippen LogP contribution in [0.1, 0.15) is 46.5 Å². The molecule has 0 aromatic rings. The quantitative estimate of drug-likeness (QED) is 0.518. The molecule has 3 nitrogen and oxygen atoms in total. The molecule has 0 radical (unpaired) electrons. The molecule has 0 saturated carbocycles. The van der Waals surface area contributed by atoms with Gasteiger partial charge in [0.15, 0.2) is 5.78 Å². The Hall–Kier alpha value is -0.700. The van der Waals surface area contributed by atoms with E-state index in [2.05, 4.69) is 6.92 Å². The first-order chi connectivity index (χ1) is 6.99. The van der Waals surface area contributed by atoms with E-state index in [1.54, 1.807) is 13.8 Å². The number of ketones is 2. The molecule has 0 aliphatic carbocycles. The molecule has 0 aromatic carbocycles. The summed E-state index contributed by atoms with van der Waals surface area (Å²) in [5.41, 5.74) is -0.759. The molecule has 1 aliphatic rings. The van der Waals surface area contributed by atoms with Crippen molar-refractivity contribution in [1.29, 1.82) is 0 Å². The van der Waals surface area contributed by atoms with Gasteiger partial charge in [0.2, 0.25) is 0 Å². The first kappa shape index (κ1) is 12.4. The monoisotopic (exact) mass is 212 g/mol. The first-order valence-electron chi connectivity index (χ1n) is 5.70. The van der Waals surface area contributed by atoms with Crippen LogP contribution >= 0.6 is 0 Å². The Morgan fingerprint density at radius 3 is 2.60 bits per heavy atom. The average molecular weight is 212 g/mol. The number of carbonyl (C=O) groups is 2. The Balaban J connectivity index is 2.45. The molecule has 86 valence electrons. The molecule has 0 aromatic heterocycles. The average Bonchev–Trinajstić information content (AvgIpc) is 2.43. The molecule has 1 saturated heterocycles. The van der Waals surface area contributed by atoms with Crippen molar-refractivity contribution in [3.05, 3.63) is 0 Å². The topological polar surface area (TPSA) is 43.4 Å². The highest BCUT2D eigenvalue weighted by Gasteiger charge is 2.44. The summed E-state index contributed by atoms with van der Waals surface area (Å²) in [7, 11) is 0. The Bertz CT molecular complexity index is 256. The van der Waals surface area contributed by atoms with E-state index in [1.807, 2.05) is 0 Å². The number of carbonyl (C=O) groups excluding carboxylic acids is 2. The highest BCUT2D eigenvalue weighted by atomic mass is 16.5. The second kappa shape index (κ2) is 4.88. The molecule has 15 heavy (non-hydrogen) atoms. The molecule has 0 bridgehead atoms. The summed E-state index contributed by atoms with van der Waals surface area (Å²) in [5.74, 6) is -0.500. The molecule has 1 fully saturated rings. The van der Waals surface area contributed by atoms with Crippen molar-refractivity contribution in [2.24, 2.45) is 5.92 Å². The number of hydrogen-bond acceptors (Lipinski definition) is 3. The third-order valence-electron chi connectivity index (χ3n) is 2.94. The van der Waals surface area contributed by atoms with E-state index in [9.17, 15) is 9.59 Å². The van der Waals surface area contributed by atoms with Crippen LogP contribution in [0.2, 0.25) is 0 Å². The molecule has 1 aliphatic heterocycles. The van der Waals surface area contributed by atoms with Crippen LogP contribution in [-0.2, 0) is 14.3 Å². The molecule has 1 unspecified atom stereocenters. The molecule has 1 rings (SSSR count). The number of unbranched alkanes of at least 4 members (excludes halogenated alkanes) is 2. The molecular formula is C12H20O3. The minimum Gasteiger partial charge on any atom is -0.367 e. The Labute approximate surface area is 91.2 Å². The lowest BCUT2D eigenvalue weighted by molar-refractivity contribution is -0.134. The molecule has 0 spiro atoms. The van der Waals surface area contributed by atoms with Gasteiger partial charge in [0.05, 0.1) is 6.61 Å². The lowest BCUT2D eigenvalue weighted by atomic mass is 9.90. The fourth-order valence-electron chi connectivity index (χ4n) is 1.82. The van der Waals surface area contributed by atoms with Crippen molar-refractivity contribution >= 4 is 11.6 Å². The van der Waals surface area contributed by atoms with Crippen LogP contribution in [0.15, 0.2) is 0 Å². The van der Waals surface area contributed by atoms with Crippen molar-refractivity contribution in [2.75, 3.05) is 6.61 Å². The van der Waals surface area contributed by atoms with Crippen LogP contribution in [0, 0.1) is 5.92 Å². The maximum Gasteiger partial charge on any atom is 0.176 e. The smallest absolute Gasteiger partial charge is 0.176 e. The zero-order valence-electron chi connectivity index (χ0n) is 9.84. The summed E-state index contributed by atoms with van der Waals surface area (Å²) in [4.78, 5) is 23.5. The van der Waals surface area contributed by atoms with Crippen LogP contribution in [0.3, 0.4) is 0 Å². The van der Waals surface area contributed by atoms with Crippen LogP contribution in [0.5, 0.6) is 0 Å². The minimum atomic E-state index is -0.759. The van der Waals surface area contributed by atoms with Crippen molar-refractivity contribution in [3.63, 3.8) is 0 Å². The van der Waals surface area contributed by atoms with Gasteiger partial charge in [-0.1, -0.05) is 19.8 Å². The Morgan fingerprint density at radius 1 is 1.47 bits per heavy atom. The van der Waals surface area contributed by atoms with Gasteiger partial charge < -0.3 is 4.74 Å². The van der Waals surface area contributed by atoms with E-state index >= 15 is 0 Å². The van der Waals surface area contributed by atoms with Crippen LogP contribution in [-0.4, -0.2) is 23.8 Å². The number of rotatable bonds is 5. The van der Waals surface area contributed by atoms with E-state index in [0.717, 1.165) is 19.3 Å². The number of hydrogen-bond donors (Lipinski definition) is 0. The molecule has 0 amide bonds. The van der Waals surface area contributed by atoms with E-state index < -0.39 is 11.5 Å². The Morgan fingerprint density at radius 2 is 2.13 bits per heavy atom. The van der Waals surface area contributed by atoms with Crippen LogP contribution in [0.25, 0.3) is 0 Å². The first-order valence-corrected chi connectivity index (χ1v) is 5.70. The SMILES string of the molecule is CCCCCC(=O)C1COC(C)(C)C1=O. The van der Waals surface area contributed by atoms with Crippen LogP contribution in [0.4, 0.5) is 0 Å². The van der Waals surface area contributed by atoms with Gasteiger partial charge in [-0.05, 0) is 20.3 Å². The van der Waals surface area contributed by atoms with Crippen molar-refractivity contribution < 1.29 is 14.3 Å². The van der Waals surface area contributed by atoms with Crippen molar-refractivity contribution in [3.8, 4) is 0 Å². The third-order valence-corrected chi connectivity index (χ3v) is 2.94. The number of ether oxygens (including phenoxy) is 1. The van der Waals surface area contributed by atoms with Gasteiger partial charge in [0.25, 0.3) is 0 Å². The molecule has 0 N–H and O–H groups in total. The van der Waals surface area contributed by atoms with Crippen molar-refractivity contribution in [1.82, 2.24) is 0 Å². The highest BCUT2D eigenvalue weighted by molar-refractivity contribution is 6.07. The summed E-state index contributed by atoms with van der Waals surface area (Å²) >= 11 is 0. The van der Waals surface area contributed by atoms with E-state index in [-0.39, 0.29) is 18.2 Å². The molecule has 1 heterocycles.